The molecule has 104 valence electrons. The topological polar surface area (TPSA) is 79.5 Å². The SMILES string of the molecule is Cc1c(O)c(=O)ccn1[C@@H](Cc1ccccc1)C(=O)O. The zero-order chi connectivity index (χ0) is 14.7. The van der Waals surface area contributed by atoms with Gasteiger partial charge in [0.25, 0.3) is 0 Å². The lowest BCUT2D eigenvalue weighted by atomic mass is 10.1. The van der Waals surface area contributed by atoms with E-state index in [0.29, 0.717) is 0 Å². The maximum absolute atomic E-state index is 11.5. The van der Waals surface area contributed by atoms with Crippen LogP contribution < -0.4 is 5.43 Å². The number of aliphatic carboxylic acids is 1. The molecule has 0 saturated heterocycles. The van der Waals surface area contributed by atoms with E-state index in [0.717, 1.165) is 5.56 Å². The van der Waals surface area contributed by atoms with Crippen molar-refractivity contribution in [3.05, 3.63) is 64.1 Å². The minimum atomic E-state index is -1.01. The number of nitrogens with zero attached hydrogens (tertiary/aromatic N) is 1. The van der Waals surface area contributed by atoms with E-state index in [9.17, 15) is 19.8 Å². The van der Waals surface area contributed by atoms with Gasteiger partial charge in [-0.25, -0.2) is 4.79 Å². The molecule has 0 bridgehead atoms. The predicted molar refractivity (Wildman–Crippen MR) is 73.9 cm³/mol. The highest BCUT2D eigenvalue weighted by Crippen LogP contribution is 2.20. The second-order valence-electron chi connectivity index (χ2n) is 4.57. The van der Waals surface area contributed by atoms with E-state index in [2.05, 4.69) is 0 Å². The van der Waals surface area contributed by atoms with E-state index in [1.807, 2.05) is 30.3 Å². The standard InChI is InChI=1S/C15H15NO4/c1-10-14(18)13(17)7-8-16(10)12(15(19)20)9-11-5-3-2-4-6-11/h2-8,12,18H,9H2,1H3,(H,19,20)/t12-/m0/s1. The maximum atomic E-state index is 11.5. The molecule has 0 saturated carbocycles. The van der Waals surface area contributed by atoms with Gasteiger partial charge in [-0.3, -0.25) is 4.79 Å². The second kappa shape index (κ2) is 5.61. The minimum absolute atomic E-state index is 0.251. The molecule has 0 spiro atoms. The van der Waals surface area contributed by atoms with Crippen LogP contribution >= 0.6 is 0 Å². The van der Waals surface area contributed by atoms with Gasteiger partial charge in [0.05, 0.1) is 5.69 Å². The molecule has 2 N–H and O–H groups in total. The normalized spacial score (nSPS) is 12.1. The largest absolute Gasteiger partial charge is 0.503 e. The van der Waals surface area contributed by atoms with E-state index in [1.54, 1.807) is 0 Å². The number of aromatic hydroxyl groups is 1. The second-order valence-corrected chi connectivity index (χ2v) is 4.57. The molecule has 0 aliphatic carbocycles. The summed E-state index contributed by atoms with van der Waals surface area (Å²) in [7, 11) is 0. The molecular formula is C15H15NO4. The summed E-state index contributed by atoms with van der Waals surface area (Å²) in [5.74, 6) is -1.42. The zero-order valence-electron chi connectivity index (χ0n) is 11.0. The molecule has 1 atom stereocenters. The Kier molecular flexibility index (Phi) is 3.89. The number of benzene rings is 1. The van der Waals surface area contributed by atoms with Gasteiger partial charge in [-0.05, 0) is 12.5 Å². The molecule has 5 heteroatoms. The molecule has 0 radical (unpaired) electrons. The van der Waals surface area contributed by atoms with Gasteiger partial charge in [-0.1, -0.05) is 30.3 Å². The van der Waals surface area contributed by atoms with Crippen LogP contribution in [0.25, 0.3) is 0 Å². The van der Waals surface area contributed by atoms with E-state index >= 15 is 0 Å². The number of hydrogen-bond donors (Lipinski definition) is 2. The Balaban J connectivity index is 2.42. The molecule has 1 aromatic heterocycles. The van der Waals surface area contributed by atoms with Crippen molar-refractivity contribution in [3.63, 3.8) is 0 Å². The third kappa shape index (κ3) is 2.71. The Morgan fingerprint density at radius 3 is 2.50 bits per heavy atom. The lowest BCUT2D eigenvalue weighted by molar-refractivity contribution is -0.140. The molecule has 1 heterocycles. The van der Waals surface area contributed by atoms with Crippen LogP contribution in [0.1, 0.15) is 17.3 Å². The maximum Gasteiger partial charge on any atom is 0.327 e. The Morgan fingerprint density at radius 1 is 1.25 bits per heavy atom. The van der Waals surface area contributed by atoms with Gasteiger partial charge in [0, 0.05) is 18.7 Å². The van der Waals surface area contributed by atoms with Gasteiger partial charge >= 0.3 is 5.97 Å². The highest BCUT2D eigenvalue weighted by atomic mass is 16.4. The van der Waals surface area contributed by atoms with Gasteiger partial charge in [0.15, 0.2) is 5.75 Å². The van der Waals surface area contributed by atoms with Crippen LogP contribution in [0.3, 0.4) is 0 Å². The van der Waals surface area contributed by atoms with Crippen LogP contribution in [0.4, 0.5) is 0 Å². The number of rotatable bonds is 4. The number of carboxylic acids is 1. The van der Waals surface area contributed by atoms with Crippen LogP contribution in [0.15, 0.2) is 47.4 Å². The zero-order valence-corrected chi connectivity index (χ0v) is 11.0. The average Bonchev–Trinajstić information content (AvgIpc) is 2.44. The van der Waals surface area contributed by atoms with Gasteiger partial charge in [0.1, 0.15) is 6.04 Å². The monoisotopic (exact) mass is 273 g/mol. The first-order chi connectivity index (χ1) is 9.50. The number of pyridine rings is 1. The Bertz CT molecular complexity index is 676. The van der Waals surface area contributed by atoms with E-state index < -0.39 is 23.2 Å². The van der Waals surface area contributed by atoms with Gasteiger partial charge in [-0.2, -0.15) is 0 Å². The van der Waals surface area contributed by atoms with Crippen molar-refractivity contribution >= 4 is 5.97 Å². The summed E-state index contributed by atoms with van der Waals surface area (Å²) in [6, 6.07) is 9.51. The number of carbonyl (C=O) groups is 1. The summed E-state index contributed by atoms with van der Waals surface area (Å²) in [4.78, 5) is 22.8. The summed E-state index contributed by atoms with van der Waals surface area (Å²) in [6.45, 7) is 1.53. The van der Waals surface area contributed by atoms with E-state index in [-0.39, 0.29) is 12.1 Å². The fourth-order valence-corrected chi connectivity index (χ4v) is 2.12. The van der Waals surface area contributed by atoms with Gasteiger partial charge in [-0.15, -0.1) is 0 Å². The summed E-state index contributed by atoms with van der Waals surface area (Å²) < 4.78 is 1.41. The summed E-state index contributed by atoms with van der Waals surface area (Å²) >= 11 is 0. The van der Waals surface area contributed by atoms with Crippen LogP contribution in [0, 0.1) is 6.92 Å². The molecule has 5 nitrogen and oxygen atoms in total. The molecule has 1 aromatic carbocycles. The average molecular weight is 273 g/mol. The molecular weight excluding hydrogens is 258 g/mol. The first-order valence-corrected chi connectivity index (χ1v) is 6.18. The summed E-state index contributed by atoms with van der Waals surface area (Å²) in [5, 5.41) is 19.0. The smallest absolute Gasteiger partial charge is 0.327 e. The first kappa shape index (κ1) is 13.9. The molecule has 0 aliphatic heterocycles. The van der Waals surface area contributed by atoms with E-state index in [4.69, 9.17) is 0 Å². The molecule has 0 fully saturated rings. The molecule has 0 aliphatic rings. The third-order valence-electron chi connectivity index (χ3n) is 3.24. The van der Waals surface area contributed by atoms with Crippen molar-refractivity contribution in [2.75, 3.05) is 0 Å². The summed E-state index contributed by atoms with van der Waals surface area (Å²) in [6.07, 6.45) is 1.68. The van der Waals surface area contributed by atoms with Crippen LogP contribution in [-0.4, -0.2) is 20.7 Å². The van der Waals surface area contributed by atoms with Gasteiger partial charge in [0.2, 0.25) is 5.43 Å². The molecule has 0 unspecified atom stereocenters. The predicted octanol–water partition coefficient (Wildman–Crippen LogP) is 1.73. The fraction of sp³-hybridized carbons (Fsp3) is 0.200. The lowest BCUT2D eigenvalue weighted by Crippen LogP contribution is -2.24. The van der Waals surface area contributed by atoms with E-state index in [1.165, 1.54) is 23.8 Å². The number of carboxylic acid groups (broad SMARTS) is 1. The molecule has 2 rings (SSSR count). The van der Waals surface area contributed by atoms with Crippen LogP contribution in [0.5, 0.6) is 5.75 Å². The Labute approximate surface area is 115 Å². The number of hydrogen-bond acceptors (Lipinski definition) is 3. The molecule has 2 aromatic rings. The van der Waals surface area contributed by atoms with Crippen LogP contribution in [0.2, 0.25) is 0 Å². The highest BCUT2D eigenvalue weighted by molar-refractivity contribution is 5.72. The van der Waals surface area contributed by atoms with Gasteiger partial charge < -0.3 is 14.8 Å². The van der Waals surface area contributed by atoms with Crippen molar-refractivity contribution in [2.45, 2.75) is 19.4 Å². The highest BCUT2D eigenvalue weighted by Gasteiger charge is 2.22. The van der Waals surface area contributed by atoms with Crippen molar-refractivity contribution in [3.8, 4) is 5.75 Å². The first-order valence-electron chi connectivity index (χ1n) is 6.18. The van der Waals surface area contributed by atoms with Crippen molar-refractivity contribution in [2.24, 2.45) is 0 Å². The fourth-order valence-electron chi connectivity index (χ4n) is 2.12. The van der Waals surface area contributed by atoms with Crippen LogP contribution in [-0.2, 0) is 11.2 Å². The quantitative estimate of drug-likeness (QED) is 0.889. The summed E-state index contributed by atoms with van der Waals surface area (Å²) in [5.41, 5.74) is 0.612. The van der Waals surface area contributed by atoms with Crippen molar-refractivity contribution < 1.29 is 15.0 Å². The lowest BCUT2D eigenvalue weighted by Gasteiger charge is -2.19. The number of aromatic nitrogens is 1. The Morgan fingerprint density at radius 2 is 1.90 bits per heavy atom. The molecule has 0 amide bonds. The minimum Gasteiger partial charge on any atom is -0.503 e. The Hall–Kier alpha value is -2.56. The van der Waals surface area contributed by atoms with Crippen molar-refractivity contribution in [1.82, 2.24) is 4.57 Å². The van der Waals surface area contributed by atoms with Crippen molar-refractivity contribution in [1.29, 1.82) is 0 Å². The third-order valence-corrected chi connectivity index (χ3v) is 3.24. The molecule has 20 heavy (non-hydrogen) atoms.